The molecule has 6 N–H and O–H groups in total. The molecule has 0 fully saturated rings. The third-order valence-electron chi connectivity index (χ3n) is 1.95. The summed E-state index contributed by atoms with van der Waals surface area (Å²) in [4.78, 5) is 17.3. The molecule has 1 aromatic rings. The molecule has 1 unspecified atom stereocenters. The number of aromatic amines is 1. The number of hydrogen-bond donors (Lipinski definition) is 4. The van der Waals surface area contributed by atoms with Crippen molar-refractivity contribution in [1.82, 2.24) is 9.97 Å². The number of nitrogens with two attached hydrogens (primary N) is 2. The minimum atomic E-state index is -0.340. The molecule has 0 bridgehead atoms. The average molecular weight is 197 g/mol. The van der Waals surface area contributed by atoms with Crippen LogP contribution in [-0.4, -0.2) is 22.6 Å². The zero-order chi connectivity index (χ0) is 10.6. The molecule has 0 spiro atoms. The maximum atomic E-state index is 11.1. The Hall–Kier alpha value is -1.56. The lowest BCUT2D eigenvalue weighted by Crippen LogP contribution is -2.29. The van der Waals surface area contributed by atoms with Crippen LogP contribution in [0, 0.1) is 0 Å². The normalized spacial score (nSPS) is 12.4. The van der Waals surface area contributed by atoms with Crippen LogP contribution in [0.3, 0.4) is 0 Å². The topological polar surface area (TPSA) is 110 Å². The van der Waals surface area contributed by atoms with E-state index in [9.17, 15) is 4.79 Å². The number of rotatable bonds is 4. The Kier molecular flexibility index (Phi) is 3.47. The number of nitrogens with zero attached hydrogens (tertiary/aromatic N) is 1. The largest absolute Gasteiger partial charge is 0.391 e. The number of aromatic nitrogens is 2. The SMILES string of the molecule is CCC(N)CNc1nc[nH]c(=O)c1N. The predicted molar refractivity (Wildman–Crippen MR) is 56.0 cm³/mol. The molecule has 6 heteroatoms. The van der Waals surface area contributed by atoms with E-state index in [0.717, 1.165) is 6.42 Å². The van der Waals surface area contributed by atoms with Crippen molar-refractivity contribution in [2.24, 2.45) is 5.73 Å². The molecule has 0 aromatic carbocycles. The summed E-state index contributed by atoms with van der Waals surface area (Å²) >= 11 is 0. The quantitative estimate of drug-likeness (QED) is 0.520. The number of anilines is 2. The molecule has 0 aliphatic rings. The van der Waals surface area contributed by atoms with Crippen molar-refractivity contribution in [2.75, 3.05) is 17.6 Å². The van der Waals surface area contributed by atoms with E-state index in [-0.39, 0.29) is 17.3 Å². The summed E-state index contributed by atoms with van der Waals surface area (Å²) < 4.78 is 0. The Morgan fingerprint density at radius 2 is 2.43 bits per heavy atom. The van der Waals surface area contributed by atoms with Crippen molar-refractivity contribution < 1.29 is 0 Å². The van der Waals surface area contributed by atoms with Crippen LogP contribution < -0.4 is 22.3 Å². The molecule has 0 saturated carbocycles. The molecular weight excluding hydrogens is 182 g/mol. The Labute approximate surface area is 81.7 Å². The van der Waals surface area contributed by atoms with Crippen molar-refractivity contribution in [3.05, 3.63) is 16.7 Å². The molecule has 78 valence electrons. The van der Waals surface area contributed by atoms with Crippen LogP contribution in [-0.2, 0) is 0 Å². The lowest BCUT2D eigenvalue weighted by molar-refractivity contribution is 0.678. The smallest absolute Gasteiger partial charge is 0.276 e. The molecule has 0 aliphatic heterocycles. The summed E-state index contributed by atoms with van der Waals surface area (Å²) in [6.45, 7) is 2.54. The van der Waals surface area contributed by atoms with Gasteiger partial charge in [0, 0.05) is 12.6 Å². The van der Waals surface area contributed by atoms with Crippen LogP contribution in [0.4, 0.5) is 11.5 Å². The highest BCUT2D eigenvalue weighted by Gasteiger charge is 2.05. The second-order valence-electron chi connectivity index (χ2n) is 3.04. The highest BCUT2D eigenvalue weighted by atomic mass is 16.1. The molecule has 1 heterocycles. The van der Waals surface area contributed by atoms with Gasteiger partial charge in [-0.05, 0) is 6.42 Å². The Balaban J connectivity index is 2.68. The Morgan fingerprint density at radius 1 is 1.71 bits per heavy atom. The minimum Gasteiger partial charge on any atom is -0.391 e. The van der Waals surface area contributed by atoms with Gasteiger partial charge in [0.05, 0.1) is 6.33 Å². The second kappa shape index (κ2) is 4.61. The van der Waals surface area contributed by atoms with Gasteiger partial charge in [-0.2, -0.15) is 0 Å². The first kappa shape index (κ1) is 10.5. The van der Waals surface area contributed by atoms with E-state index in [1.165, 1.54) is 6.33 Å². The van der Waals surface area contributed by atoms with Gasteiger partial charge >= 0.3 is 0 Å². The van der Waals surface area contributed by atoms with E-state index in [1.54, 1.807) is 0 Å². The predicted octanol–water partition coefficient (Wildman–Crippen LogP) is -0.499. The summed E-state index contributed by atoms with van der Waals surface area (Å²) in [6, 6.07) is 0.0375. The standard InChI is InChI=1S/C8H15N5O/c1-2-5(9)3-11-7-6(10)8(14)13-4-12-7/h4-5H,2-3,9-10H2,1H3,(H2,11,12,13,14). The van der Waals surface area contributed by atoms with E-state index in [1.807, 2.05) is 6.92 Å². The molecule has 6 nitrogen and oxygen atoms in total. The number of H-pyrrole nitrogens is 1. The molecule has 1 aromatic heterocycles. The summed E-state index contributed by atoms with van der Waals surface area (Å²) in [7, 11) is 0. The van der Waals surface area contributed by atoms with Gasteiger partial charge in [-0.1, -0.05) is 6.92 Å². The van der Waals surface area contributed by atoms with E-state index in [0.29, 0.717) is 12.4 Å². The van der Waals surface area contributed by atoms with Crippen LogP contribution in [0.15, 0.2) is 11.1 Å². The molecule has 1 rings (SSSR count). The molecular formula is C8H15N5O. The van der Waals surface area contributed by atoms with Crippen molar-refractivity contribution >= 4 is 11.5 Å². The van der Waals surface area contributed by atoms with Gasteiger partial charge in [-0.25, -0.2) is 4.98 Å². The average Bonchev–Trinajstić information content (AvgIpc) is 2.20. The van der Waals surface area contributed by atoms with Crippen LogP contribution in [0.1, 0.15) is 13.3 Å². The molecule has 0 amide bonds. The van der Waals surface area contributed by atoms with Crippen LogP contribution in [0.25, 0.3) is 0 Å². The van der Waals surface area contributed by atoms with Crippen molar-refractivity contribution in [2.45, 2.75) is 19.4 Å². The third kappa shape index (κ3) is 2.46. The Morgan fingerprint density at radius 3 is 3.07 bits per heavy atom. The summed E-state index contributed by atoms with van der Waals surface area (Å²) in [5, 5.41) is 2.92. The van der Waals surface area contributed by atoms with Gasteiger partial charge in [0.15, 0.2) is 5.82 Å². The van der Waals surface area contributed by atoms with Gasteiger partial charge < -0.3 is 21.8 Å². The van der Waals surface area contributed by atoms with Crippen molar-refractivity contribution in [3.63, 3.8) is 0 Å². The number of hydrogen-bond acceptors (Lipinski definition) is 5. The minimum absolute atomic E-state index is 0.0375. The zero-order valence-corrected chi connectivity index (χ0v) is 8.08. The summed E-state index contributed by atoms with van der Waals surface area (Å²) in [6.07, 6.45) is 2.16. The first-order chi connectivity index (χ1) is 6.65. The third-order valence-corrected chi connectivity index (χ3v) is 1.95. The first-order valence-electron chi connectivity index (χ1n) is 4.47. The Bertz CT molecular complexity index is 348. The van der Waals surface area contributed by atoms with Gasteiger partial charge in [-0.15, -0.1) is 0 Å². The van der Waals surface area contributed by atoms with Crippen molar-refractivity contribution in [1.29, 1.82) is 0 Å². The highest BCUT2D eigenvalue weighted by molar-refractivity contribution is 5.58. The fourth-order valence-corrected chi connectivity index (χ4v) is 0.923. The van der Waals surface area contributed by atoms with E-state index >= 15 is 0 Å². The van der Waals surface area contributed by atoms with Gasteiger partial charge in [-0.3, -0.25) is 4.79 Å². The maximum Gasteiger partial charge on any atom is 0.276 e. The number of nitrogen functional groups attached to an aromatic ring is 1. The summed E-state index contributed by atoms with van der Waals surface area (Å²) in [5.41, 5.74) is 10.9. The van der Waals surface area contributed by atoms with Gasteiger partial charge in [0.25, 0.3) is 5.56 Å². The lowest BCUT2D eigenvalue weighted by Gasteiger charge is -2.11. The fourth-order valence-electron chi connectivity index (χ4n) is 0.923. The van der Waals surface area contributed by atoms with E-state index < -0.39 is 0 Å². The summed E-state index contributed by atoms with van der Waals surface area (Å²) in [5.74, 6) is 0.387. The van der Waals surface area contributed by atoms with E-state index in [4.69, 9.17) is 11.5 Å². The van der Waals surface area contributed by atoms with Crippen LogP contribution in [0.2, 0.25) is 0 Å². The maximum absolute atomic E-state index is 11.1. The monoisotopic (exact) mass is 197 g/mol. The van der Waals surface area contributed by atoms with E-state index in [2.05, 4.69) is 15.3 Å². The zero-order valence-electron chi connectivity index (χ0n) is 8.08. The van der Waals surface area contributed by atoms with Crippen molar-refractivity contribution in [3.8, 4) is 0 Å². The molecule has 14 heavy (non-hydrogen) atoms. The van der Waals surface area contributed by atoms with Crippen LogP contribution in [0.5, 0.6) is 0 Å². The van der Waals surface area contributed by atoms with Crippen LogP contribution >= 0.6 is 0 Å². The molecule has 0 radical (unpaired) electrons. The van der Waals surface area contributed by atoms with Gasteiger partial charge in [0.2, 0.25) is 0 Å². The highest BCUT2D eigenvalue weighted by Crippen LogP contribution is 2.06. The van der Waals surface area contributed by atoms with Gasteiger partial charge in [0.1, 0.15) is 5.69 Å². The molecule has 1 atom stereocenters. The lowest BCUT2D eigenvalue weighted by atomic mass is 10.2. The number of nitrogens with one attached hydrogen (secondary N) is 2. The first-order valence-corrected chi connectivity index (χ1v) is 4.47. The second-order valence-corrected chi connectivity index (χ2v) is 3.04. The fraction of sp³-hybridized carbons (Fsp3) is 0.500. The molecule has 0 aliphatic carbocycles. The molecule has 0 saturated heterocycles.